The van der Waals surface area contributed by atoms with Gasteiger partial charge in [0.15, 0.2) is 0 Å². The molecule has 2 heterocycles. The molecule has 2 aromatic rings. The van der Waals surface area contributed by atoms with Crippen molar-refractivity contribution in [1.82, 2.24) is 10.3 Å². The number of rotatable bonds is 2. The van der Waals surface area contributed by atoms with Gasteiger partial charge in [-0.3, -0.25) is 4.98 Å². The van der Waals surface area contributed by atoms with Crippen LogP contribution in [0.5, 0.6) is 0 Å². The Balaban J connectivity index is 2.10. The molecule has 2 nitrogen and oxygen atoms in total. The number of nitrogens with one attached hydrogen (secondary N) is 1. The van der Waals surface area contributed by atoms with Crippen molar-refractivity contribution in [2.45, 2.75) is 24.8 Å². The number of aromatic nitrogens is 1. The van der Waals surface area contributed by atoms with E-state index in [2.05, 4.69) is 36.5 Å². The molecule has 0 radical (unpaired) electrons. The number of fused-ring (bicyclic) bond motifs is 2. The lowest BCUT2D eigenvalue weighted by molar-refractivity contribution is 0.633. The summed E-state index contributed by atoms with van der Waals surface area (Å²) in [5.41, 5.74) is 3.78. The lowest BCUT2D eigenvalue weighted by Gasteiger charge is -2.16. The van der Waals surface area contributed by atoms with Crippen molar-refractivity contribution in [2.75, 3.05) is 12.3 Å². The third-order valence-electron chi connectivity index (χ3n) is 3.12. The highest BCUT2D eigenvalue weighted by Gasteiger charge is 2.11. The van der Waals surface area contributed by atoms with Crippen LogP contribution in [-0.2, 0) is 13.0 Å². The molecule has 1 aromatic carbocycles. The highest BCUT2D eigenvalue weighted by Crippen LogP contribution is 2.25. The quantitative estimate of drug-likeness (QED) is 0.822. The monoisotopic (exact) mass is 244 g/mol. The van der Waals surface area contributed by atoms with E-state index in [1.54, 1.807) is 0 Å². The lowest BCUT2D eigenvalue weighted by atomic mass is 10.0. The van der Waals surface area contributed by atoms with Gasteiger partial charge in [-0.2, -0.15) is 0 Å². The van der Waals surface area contributed by atoms with E-state index in [0.29, 0.717) is 0 Å². The number of nitrogens with zero attached hydrogens (tertiary/aromatic N) is 1. The van der Waals surface area contributed by atoms with Gasteiger partial charge in [-0.1, -0.05) is 13.0 Å². The highest BCUT2D eigenvalue weighted by molar-refractivity contribution is 7.99. The summed E-state index contributed by atoms with van der Waals surface area (Å²) in [6.45, 7) is 4.19. The molecule has 88 valence electrons. The van der Waals surface area contributed by atoms with Crippen LogP contribution >= 0.6 is 11.8 Å². The van der Waals surface area contributed by atoms with Crippen LogP contribution in [0.3, 0.4) is 0 Å². The fraction of sp³-hybridized carbons (Fsp3) is 0.357. The van der Waals surface area contributed by atoms with Crippen LogP contribution in [0.4, 0.5) is 0 Å². The van der Waals surface area contributed by atoms with Crippen molar-refractivity contribution in [3.8, 4) is 0 Å². The molecule has 1 aromatic heterocycles. The van der Waals surface area contributed by atoms with Gasteiger partial charge >= 0.3 is 0 Å². The Bertz CT molecular complexity index is 551. The summed E-state index contributed by atoms with van der Waals surface area (Å²) in [5, 5.41) is 4.65. The van der Waals surface area contributed by atoms with Crippen molar-refractivity contribution in [3.63, 3.8) is 0 Å². The molecule has 17 heavy (non-hydrogen) atoms. The smallest absolute Gasteiger partial charge is 0.0716 e. The van der Waals surface area contributed by atoms with Gasteiger partial charge in [0.25, 0.3) is 0 Å². The summed E-state index contributed by atoms with van der Waals surface area (Å²) in [5.74, 6) is 1.11. The number of hydrogen-bond acceptors (Lipinski definition) is 3. The average Bonchev–Trinajstić information content (AvgIpc) is 2.36. The van der Waals surface area contributed by atoms with Crippen LogP contribution in [0.1, 0.15) is 18.2 Å². The maximum Gasteiger partial charge on any atom is 0.0716 e. The van der Waals surface area contributed by atoms with E-state index in [0.717, 1.165) is 30.8 Å². The first-order chi connectivity index (χ1) is 8.36. The SMILES string of the molecule is CCSc1ccc2cc3c(nc2c1)CCNC3. The summed E-state index contributed by atoms with van der Waals surface area (Å²) in [6, 6.07) is 8.88. The van der Waals surface area contributed by atoms with E-state index in [-0.39, 0.29) is 0 Å². The Morgan fingerprint density at radius 1 is 1.35 bits per heavy atom. The predicted octanol–water partition coefficient (Wildman–Crippen LogP) is 2.99. The molecule has 1 N–H and O–H groups in total. The Morgan fingerprint density at radius 3 is 3.18 bits per heavy atom. The molecule has 0 spiro atoms. The maximum atomic E-state index is 4.81. The minimum Gasteiger partial charge on any atom is -0.312 e. The van der Waals surface area contributed by atoms with Crippen molar-refractivity contribution in [2.24, 2.45) is 0 Å². The molecule has 0 bridgehead atoms. The molecule has 1 aliphatic rings. The zero-order chi connectivity index (χ0) is 11.7. The Labute approximate surface area is 106 Å². The van der Waals surface area contributed by atoms with E-state index < -0.39 is 0 Å². The Morgan fingerprint density at radius 2 is 2.29 bits per heavy atom. The molecular weight excluding hydrogens is 228 g/mol. The summed E-state index contributed by atoms with van der Waals surface area (Å²) in [6.07, 6.45) is 1.05. The van der Waals surface area contributed by atoms with Gasteiger partial charge in [0.05, 0.1) is 5.52 Å². The lowest BCUT2D eigenvalue weighted by Crippen LogP contribution is -2.24. The van der Waals surface area contributed by atoms with Gasteiger partial charge in [0, 0.05) is 35.5 Å². The third kappa shape index (κ3) is 2.17. The fourth-order valence-corrected chi connectivity index (χ4v) is 2.98. The second-order valence-electron chi connectivity index (χ2n) is 4.31. The van der Waals surface area contributed by atoms with Crippen LogP contribution in [0.2, 0.25) is 0 Å². The van der Waals surface area contributed by atoms with Crippen LogP contribution in [0.25, 0.3) is 10.9 Å². The predicted molar refractivity (Wildman–Crippen MR) is 73.6 cm³/mol. The Kier molecular flexibility index (Phi) is 3.04. The number of benzene rings is 1. The summed E-state index contributed by atoms with van der Waals surface area (Å²) >= 11 is 1.88. The largest absolute Gasteiger partial charge is 0.312 e. The van der Waals surface area contributed by atoms with Crippen molar-refractivity contribution in [3.05, 3.63) is 35.5 Å². The second kappa shape index (κ2) is 4.67. The van der Waals surface area contributed by atoms with E-state index in [1.165, 1.54) is 21.5 Å². The topological polar surface area (TPSA) is 24.9 Å². The van der Waals surface area contributed by atoms with Crippen LogP contribution in [0, 0.1) is 0 Å². The van der Waals surface area contributed by atoms with Crippen molar-refractivity contribution < 1.29 is 0 Å². The number of thioether (sulfide) groups is 1. The Hall–Kier alpha value is -1.06. The fourth-order valence-electron chi connectivity index (χ4n) is 2.29. The van der Waals surface area contributed by atoms with Gasteiger partial charge in [-0.05, 0) is 29.5 Å². The molecular formula is C14H16N2S. The van der Waals surface area contributed by atoms with Gasteiger partial charge < -0.3 is 5.32 Å². The first-order valence-corrected chi connectivity index (χ1v) is 7.11. The summed E-state index contributed by atoms with van der Waals surface area (Å²) in [4.78, 5) is 6.13. The molecule has 0 fully saturated rings. The second-order valence-corrected chi connectivity index (χ2v) is 5.65. The van der Waals surface area contributed by atoms with E-state index in [9.17, 15) is 0 Å². The molecule has 0 aliphatic carbocycles. The zero-order valence-corrected chi connectivity index (χ0v) is 10.8. The molecule has 3 rings (SSSR count). The highest BCUT2D eigenvalue weighted by atomic mass is 32.2. The summed E-state index contributed by atoms with van der Waals surface area (Å²) < 4.78 is 0. The normalized spacial score (nSPS) is 14.9. The molecule has 3 heteroatoms. The van der Waals surface area contributed by atoms with E-state index in [1.807, 2.05) is 11.8 Å². The first kappa shape index (κ1) is 11.1. The molecule has 0 amide bonds. The van der Waals surface area contributed by atoms with Gasteiger partial charge in [-0.25, -0.2) is 0 Å². The first-order valence-electron chi connectivity index (χ1n) is 6.13. The minimum absolute atomic E-state index is 0.962. The molecule has 0 atom stereocenters. The van der Waals surface area contributed by atoms with Gasteiger partial charge in [0.1, 0.15) is 0 Å². The molecule has 0 saturated heterocycles. The number of hydrogen-bond donors (Lipinski definition) is 1. The van der Waals surface area contributed by atoms with Gasteiger partial charge in [0.2, 0.25) is 0 Å². The van der Waals surface area contributed by atoms with Crippen molar-refractivity contribution >= 4 is 22.7 Å². The third-order valence-corrected chi connectivity index (χ3v) is 4.00. The minimum atomic E-state index is 0.962. The molecule has 1 aliphatic heterocycles. The van der Waals surface area contributed by atoms with Crippen molar-refractivity contribution in [1.29, 1.82) is 0 Å². The average molecular weight is 244 g/mol. The zero-order valence-electron chi connectivity index (χ0n) is 9.99. The van der Waals surface area contributed by atoms with E-state index in [4.69, 9.17) is 4.98 Å². The van der Waals surface area contributed by atoms with Crippen LogP contribution in [-0.4, -0.2) is 17.3 Å². The molecule has 0 saturated carbocycles. The standard InChI is InChI=1S/C14H16N2S/c1-2-17-12-4-3-10-7-11-9-15-6-5-13(11)16-14(10)8-12/h3-4,7-8,15H,2,5-6,9H2,1H3. The van der Waals surface area contributed by atoms with Gasteiger partial charge in [-0.15, -0.1) is 11.8 Å². The van der Waals surface area contributed by atoms with Crippen LogP contribution in [0.15, 0.2) is 29.2 Å². The van der Waals surface area contributed by atoms with Crippen LogP contribution < -0.4 is 5.32 Å². The number of pyridine rings is 1. The summed E-state index contributed by atoms with van der Waals surface area (Å²) in [7, 11) is 0. The molecule has 0 unspecified atom stereocenters. The van der Waals surface area contributed by atoms with E-state index >= 15 is 0 Å². The maximum absolute atomic E-state index is 4.81.